The Morgan fingerprint density at radius 2 is 0.955 bits per heavy atom. The summed E-state index contributed by atoms with van der Waals surface area (Å²) in [5.74, 6) is -2.81. The molecule has 22 heavy (non-hydrogen) atoms. The Kier molecular flexibility index (Phi) is 5.46. The van der Waals surface area contributed by atoms with Crippen molar-refractivity contribution >= 4 is 21.8 Å². The van der Waals surface area contributed by atoms with E-state index in [0.717, 1.165) is 48.5 Å². The fraction of sp³-hybridized carbons (Fsp3) is 0. The molecule has 2 rings (SSSR count). The number of hydrogen-bond donors (Lipinski definition) is 0. The van der Waals surface area contributed by atoms with Crippen LogP contribution in [0.1, 0.15) is 20.7 Å². The number of carboxylic acid groups (broad SMARTS) is 2. The van der Waals surface area contributed by atoms with E-state index >= 15 is 0 Å². The van der Waals surface area contributed by atoms with Crippen molar-refractivity contribution in [1.82, 2.24) is 0 Å². The van der Waals surface area contributed by atoms with Crippen LogP contribution in [0.4, 0.5) is 0 Å². The quantitative estimate of drug-likeness (QED) is 0.660. The molecule has 0 aliphatic rings. The first-order valence-electron chi connectivity index (χ1n) is 5.70. The normalized spacial score (nSPS) is 10.5. The molecule has 6 nitrogen and oxygen atoms in total. The minimum absolute atomic E-state index is 0. The van der Waals surface area contributed by atoms with Crippen LogP contribution in [0.5, 0.6) is 0 Å². The van der Waals surface area contributed by atoms with Gasteiger partial charge in [-0.15, -0.1) is 0 Å². The number of hydrogen-bond acceptors (Lipinski definition) is 6. The van der Waals surface area contributed by atoms with E-state index in [1.165, 1.54) is 0 Å². The number of carbonyl (C=O) groups is 2. The molecule has 2 aromatic rings. The van der Waals surface area contributed by atoms with E-state index in [0.29, 0.717) is 0 Å². The van der Waals surface area contributed by atoms with Gasteiger partial charge in [-0.3, -0.25) is 0 Å². The van der Waals surface area contributed by atoms with E-state index in [1.54, 1.807) is 0 Å². The van der Waals surface area contributed by atoms with E-state index < -0.39 is 21.8 Å². The zero-order valence-corrected chi connectivity index (χ0v) is 12.6. The van der Waals surface area contributed by atoms with Gasteiger partial charge >= 0.3 is 16.5 Å². The van der Waals surface area contributed by atoms with Crippen LogP contribution in [0, 0.1) is 0 Å². The molecule has 8 heteroatoms. The number of carboxylic acids is 2. The molecule has 0 saturated carbocycles. The number of aromatic carboxylic acids is 2. The summed E-state index contributed by atoms with van der Waals surface area (Å²) in [7, 11) is -3.85. The number of rotatable bonds is 4. The van der Waals surface area contributed by atoms with E-state index in [4.69, 9.17) is 0 Å². The molecular weight excluding hydrogens is 355 g/mol. The maximum Gasteiger partial charge on any atom is 2.00 e. The average Bonchev–Trinajstić information content (AvgIpc) is 2.47. The maximum absolute atomic E-state index is 12.3. The Hall–Kier alpha value is -2.18. The van der Waals surface area contributed by atoms with Crippen LogP contribution in [0.3, 0.4) is 0 Å². The zero-order chi connectivity index (χ0) is 15.6. The van der Waals surface area contributed by atoms with Crippen molar-refractivity contribution in [2.24, 2.45) is 0 Å². The number of carbonyl (C=O) groups excluding carboxylic acids is 2. The Labute approximate surface area is 136 Å². The van der Waals surface area contributed by atoms with Gasteiger partial charge in [0.05, 0.1) is 21.7 Å². The van der Waals surface area contributed by atoms with Gasteiger partial charge in [-0.1, -0.05) is 24.3 Å². The summed E-state index contributed by atoms with van der Waals surface area (Å²) in [4.78, 5) is 21.0. The second kappa shape index (κ2) is 6.72. The summed E-state index contributed by atoms with van der Waals surface area (Å²) < 4.78 is 24.5. The Morgan fingerprint density at radius 3 is 1.18 bits per heavy atom. The second-order valence-electron chi connectivity index (χ2n) is 4.13. The Bertz CT molecular complexity index is 731. The van der Waals surface area contributed by atoms with Gasteiger partial charge in [0.25, 0.3) is 0 Å². The predicted molar refractivity (Wildman–Crippen MR) is 67.0 cm³/mol. The number of benzene rings is 2. The van der Waals surface area contributed by atoms with Crippen LogP contribution >= 0.6 is 0 Å². The van der Waals surface area contributed by atoms with E-state index in [-0.39, 0.29) is 37.4 Å². The zero-order valence-electron chi connectivity index (χ0n) is 10.8. The minimum atomic E-state index is -3.85. The van der Waals surface area contributed by atoms with Crippen molar-refractivity contribution in [3.8, 4) is 0 Å². The molecule has 0 spiro atoms. The molecule has 0 amide bonds. The molecule has 0 aromatic heterocycles. The van der Waals surface area contributed by atoms with Crippen LogP contribution in [0.25, 0.3) is 0 Å². The largest absolute Gasteiger partial charge is 2.00 e. The molecular formula is C14H8NiO6S. The number of sulfone groups is 1. The van der Waals surface area contributed by atoms with Crippen molar-refractivity contribution in [2.75, 3.05) is 0 Å². The molecule has 0 fully saturated rings. The van der Waals surface area contributed by atoms with Crippen LogP contribution < -0.4 is 10.2 Å². The molecule has 116 valence electrons. The van der Waals surface area contributed by atoms with Gasteiger partial charge in [-0.05, 0) is 35.4 Å². The molecule has 0 unspecified atom stereocenters. The van der Waals surface area contributed by atoms with Crippen LogP contribution in [0.2, 0.25) is 0 Å². The SMILES string of the molecule is O=C([O-])c1ccc(S(=O)(=O)c2ccc(C(=O)[O-])cc2)cc1.[Ni+2]. The minimum Gasteiger partial charge on any atom is -0.545 e. The average molecular weight is 363 g/mol. The summed E-state index contributed by atoms with van der Waals surface area (Å²) in [6.45, 7) is 0. The first-order valence-corrected chi connectivity index (χ1v) is 7.18. The van der Waals surface area contributed by atoms with Gasteiger partial charge in [0, 0.05) is 0 Å². The first-order chi connectivity index (χ1) is 9.82. The smallest absolute Gasteiger partial charge is 0.545 e. The van der Waals surface area contributed by atoms with Crippen molar-refractivity contribution in [3.63, 3.8) is 0 Å². The standard InChI is InChI=1S/C14H10O6S.Ni/c15-13(16)9-1-5-11(6-2-9)21(19,20)12-7-3-10(4-8-12)14(17)18;/h1-8H,(H,15,16)(H,17,18);/q;+2/p-2. The van der Waals surface area contributed by atoms with Gasteiger partial charge in [0.15, 0.2) is 0 Å². The molecule has 0 aliphatic heterocycles. The van der Waals surface area contributed by atoms with Crippen LogP contribution in [0.15, 0.2) is 58.3 Å². The van der Waals surface area contributed by atoms with Gasteiger partial charge in [-0.2, -0.15) is 0 Å². The second-order valence-corrected chi connectivity index (χ2v) is 6.08. The third-order valence-electron chi connectivity index (χ3n) is 2.80. The van der Waals surface area contributed by atoms with Gasteiger partial charge in [0.2, 0.25) is 9.84 Å². The Balaban J connectivity index is 0.00000242. The molecule has 0 heterocycles. The third-order valence-corrected chi connectivity index (χ3v) is 4.59. The third kappa shape index (κ3) is 3.53. The van der Waals surface area contributed by atoms with Crippen molar-refractivity contribution in [1.29, 1.82) is 0 Å². The van der Waals surface area contributed by atoms with Crippen LogP contribution in [-0.4, -0.2) is 20.4 Å². The monoisotopic (exact) mass is 362 g/mol. The summed E-state index contributed by atoms with van der Waals surface area (Å²) in [5.41, 5.74) is -0.275. The fourth-order valence-electron chi connectivity index (χ4n) is 1.68. The molecule has 0 radical (unpaired) electrons. The van der Waals surface area contributed by atoms with E-state index in [2.05, 4.69) is 0 Å². The van der Waals surface area contributed by atoms with Crippen molar-refractivity contribution < 1.29 is 44.7 Å². The van der Waals surface area contributed by atoms with Gasteiger partial charge in [-0.25, -0.2) is 8.42 Å². The molecule has 0 atom stereocenters. The van der Waals surface area contributed by atoms with Crippen LogP contribution in [-0.2, 0) is 26.3 Å². The molecule has 0 aliphatic carbocycles. The summed E-state index contributed by atoms with van der Waals surface area (Å²) >= 11 is 0. The van der Waals surface area contributed by atoms with Gasteiger partial charge in [0.1, 0.15) is 0 Å². The van der Waals surface area contributed by atoms with E-state index in [1.807, 2.05) is 0 Å². The predicted octanol–water partition coefficient (Wildman–Crippen LogP) is -0.756. The summed E-state index contributed by atoms with van der Waals surface area (Å²) in [6, 6.07) is 9.07. The topological polar surface area (TPSA) is 114 Å². The van der Waals surface area contributed by atoms with Gasteiger partial charge < -0.3 is 19.8 Å². The molecule has 0 bridgehead atoms. The first kappa shape index (κ1) is 17.9. The van der Waals surface area contributed by atoms with E-state index in [9.17, 15) is 28.2 Å². The maximum atomic E-state index is 12.3. The summed E-state index contributed by atoms with van der Waals surface area (Å²) in [5, 5.41) is 21.2. The van der Waals surface area contributed by atoms with Crippen molar-refractivity contribution in [3.05, 3.63) is 59.7 Å². The molecule has 2 aromatic carbocycles. The molecule has 0 saturated heterocycles. The summed E-state index contributed by atoms with van der Waals surface area (Å²) in [6.07, 6.45) is 0. The fourth-order valence-corrected chi connectivity index (χ4v) is 2.94. The van der Waals surface area contributed by atoms with Crippen molar-refractivity contribution in [2.45, 2.75) is 9.79 Å². The molecule has 0 N–H and O–H groups in total. The Morgan fingerprint density at radius 1 is 0.682 bits per heavy atom.